The van der Waals surface area contributed by atoms with Crippen LogP contribution >= 0.6 is 11.6 Å². The van der Waals surface area contributed by atoms with Crippen molar-refractivity contribution >= 4 is 29.2 Å². The molecule has 0 aliphatic carbocycles. The summed E-state index contributed by atoms with van der Waals surface area (Å²) in [6, 6.07) is 16.0. The molecule has 150 valence electrons. The number of ether oxygens (including phenoxy) is 1. The number of halogens is 1. The van der Waals surface area contributed by atoms with Crippen LogP contribution in [0.3, 0.4) is 0 Å². The molecule has 3 aromatic rings. The zero-order valence-electron chi connectivity index (χ0n) is 16.0. The predicted molar refractivity (Wildman–Crippen MR) is 114 cm³/mol. The van der Waals surface area contributed by atoms with Crippen molar-refractivity contribution in [3.05, 3.63) is 77.2 Å². The van der Waals surface area contributed by atoms with E-state index < -0.39 is 0 Å². The van der Waals surface area contributed by atoms with E-state index in [-0.39, 0.29) is 12.0 Å². The SMILES string of the molecule is O=C(/C=C/c1c(Cl)nc2ccccn12)NCC1CN(Cc2ccccc2)CCO1. The first kappa shape index (κ1) is 19.6. The molecule has 1 unspecified atom stereocenters. The average molecular weight is 411 g/mol. The van der Waals surface area contributed by atoms with Crippen molar-refractivity contribution in [2.45, 2.75) is 12.6 Å². The Morgan fingerprint density at radius 3 is 2.93 bits per heavy atom. The third-order valence-electron chi connectivity index (χ3n) is 4.89. The number of nitrogens with one attached hydrogen (secondary N) is 1. The Morgan fingerprint density at radius 1 is 1.24 bits per heavy atom. The number of hydrogen-bond acceptors (Lipinski definition) is 4. The van der Waals surface area contributed by atoms with Gasteiger partial charge < -0.3 is 10.1 Å². The van der Waals surface area contributed by atoms with Crippen molar-refractivity contribution in [3.8, 4) is 0 Å². The molecule has 0 spiro atoms. The molecule has 6 nitrogen and oxygen atoms in total. The van der Waals surface area contributed by atoms with Crippen LogP contribution in [-0.4, -0.2) is 52.5 Å². The highest BCUT2D eigenvalue weighted by atomic mass is 35.5. The lowest BCUT2D eigenvalue weighted by Gasteiger charge is -2.33. The summed E-state index contributed by atoms with van der Waals surface area (Å²) >= 11 is 6.19. The smallest absolute Gasteiger partial charge is 0.244 e. The minimum atomic E-state index is -0.185. The average Bonchev–Trinajstić information content (AvgIpc) is 3.07. The first-order valence-corrected chi connectivity index (χ1v) is 10.0. The van der Waals surface area contributed by atoms with Crippen molar-refractivity contribution in [3.63, 3.8) is 0 Å². The second-order valence-electron chi connectivity index (χ2n) is 7.01. The van der Waals surface area contributed by atoms with E-state index in [1.54, 1.807) is 6.08 Å². The van der Waals surface area contributed by atoms with Crippen LogP contribution in [0.5, 0.6) is 0 Å². The molecule has 1 atom stereocenters. The number of pyridine rings is 1. The Kier molecular flexibility index (Phi) is 6.24. The molecule has 1 fully saturated rings. The zero-order valence-corrected chi connectivity index (χ0v) is 16.8. The Balaban J connectivity index is 1.30. The lowest BCUT2D eigenvalue weighted by molar-refractivity contribution is -0.117. The minimum absolute atomic E-state index is 0.0239. The molecule has 0 bridgehead atoms. The standard InChI is InChI=1S/C22H23ClN4O2/c23-22-19(27-11-5-4-8-20(27)25-22)9-10-21(28)24-14-18-16-26(12-13-29-18)15-17-6-2-1-3-7-17/h1-11,18H,12-16H2,(H,24,28)/b10-9+. The number of fused-ring (bicyclic) bond motifs is 1. The van der Waals surface area contributed by atoms with Gasteiger partial charge in [-0.1, -0.05) is 48.0 Å². The topological polar surface area (TPSA) is 58.9 Å². The Labute approximate surface area is 174 Å². The maximum Gasteiger partial charge on any atom is 0.244 e. The predicted octanol–water partition coefficient (Wildman–Crippen LogP) is 3.02. The summed E-state index contributed by atoms with van der Waals surface area (Å²) in [5, 5.41) is 3.28. The largest absolute Gasteiger partial charge is 0.374 e. The maximum absolute atomic E-state index is 12.3. The third kappa shape index (κ3) is 5.03. The molecule has 2 aromatic heterocycles. The van der Waals surface area contributed by atoms with Gasteiger partial charge in [-0.15, -0.1) is 0 Å². The van der Waals surface area contributed by atoms with Crippen LogP contribution in [0.4, 0.5) is 0 Å². The van der Waals surface area contributed by atoms with Crippen LogP contribution in [-0.2, 0) is 16.1 Å². The van der Waals surface area contributed by atoms with Crippen LogP contribution in [0.15, 0.2) is 60.8 Å². The highest BCUT2D eigenvalue weighted by molar-refractivity contribution is 6.31. The number of amides is 1. The maximum atomic E-state index is 12.3. The van der Waals surface area contributed by atoms with Crippen LogP contribution in [0.2, 0.25) is 5.15 Å². The Bertz CT molecular complexity index is 1000. The van der Waals surface area contributed by atoms with Gasteiger partial charge in [0.15, 0.2) is 5.15 Å². The molecule has 0 radical (unpaired) electrons. The lowest BCUT2D eigenvalue weighted by Crippen LogP contribution is -2.46. The summed E-state index contributed by atoms with van der Waals surface area (Å²) in [6.45, 7) is 3.71. The zero-order chi connectivity index (χ0) is 20.1. The van der Waals surface area contributed by atoms with E-state index in [0.29, 0.717) is 24.0 Å². The van der Waals surface area contributed by atoms with Crippen LogP contribution in [0.1, 0.15) is 11.3 Å². The van der Waals surface area contributed by atoms with E-state index in [1.165, 1.54) is 11.6 Å². The number of hydrogen-bond donors (Lipinski definition) is 1. The molecule has 1 aliphatic rings. The van der Waals surface area contributed by atoms with Gasteiger partial charge in [0.25, 0.3) is 0 Å². The number of carbonyl (C=O) groups excluding carboxylic acids is 1. The van der Waals surface area contributed by atoms with Crippen molar-refractivity contribution in [1.29, 1.82) is 0 Å². The van der Waals surface area contributed by atoms with E-state index in [2.05, 4.69) is 39.5 Å². The highest BCUT2D eigenvalue weighted by Gasteiger charge is 2.20. The van der Waals surface area contributed by atoms with Gasteiger partial charge in [0.1, 0.15) is 5.65 Å². The number of morpholine rings is 1. The van der Waals surface area contributed by atoms with Gasteiger partial charge in [0.05, 0.1) is 18.4 Å². The summed E-state index contributed by atoms with van der Waals surface area (Å²) in [7, 11) is 0. The summed E-state index contributed by atoms with van der Waals surface area (Å²) in [6.07, 6.45) is 5.00. The van der Waals surface area contributed by atoms with Gasteiger partial charge in [0, 0.05) is 38.5 Å². The second kappa shape index (κ2) is 9.22. The first-order chi connectivity index (χ1) is 14.2. The molecular weight excluding hydrogens is 388 g/mol. The number of aromatic nitrogens is 2. The fourth-order valence-electron chi connectivity index (χ4n) is 3.45. The molecule has 1 aromatic carbocycles. The molecule has 3 heterocycles. The van der Waals surface area contributed by atoms with Crippen LogP contribution in [0, 0.1) is 0 Å². The Morgan fingerprint density at radius 2 is 2.07 bits per heavy atom. The number of benzene rings is 1. The lowest BCUT2D eigenvalue weighted by atomic mass is 10.2. The van der Waals surface area contributed by atoms with E-state index in [9.17, 15) is 4.79 Å². The molecule has 4 rings (SSSR count). The molecule has 1 amide bonds. The molecular formula is C22H23ClN4O2. The normalized spacial score (nSPS) is 17.8. The Hall–Kier alpha value is -2.67. The molecule has 0 saturated carbocycles. The van der Waals surface area contributed by atoms with E-state index in [4.69, 9.17) is 16.3 Å². The number of carbonyl (C=O) groups is 1. The van der Waals surface area contributed by atoms with E-state index in [0.717, 1.165) is 25.3 Å². The third-order valence-corrected chi connectivity index (χ3v) is 5.17. The fraction of sp³-hybridized carbons (Fsp3) is 0.273. The summed E-state index contributed by atoms with van der Waals surface area (Å²) in [5.74, 6) is -0.185. The number of imidazole rings is 1. The molecule has 1 saturated heterocycles. The minimum Gasteiger partial charge on any atom is -0.374 e. The van der Waals surface area contributed by atoms with Crippen molar-refractivity contribution in [2.24, 2.45) is 0 Å². The summed E-state index contributed by atoms with van der Waals surface area (Å²) in [4.78, 5) is 18.9. The summed E-state index contributed by atoms with van der Waals surface area (Å²) < 4.78 is 7.65. The molecule has 7 heteroatoms. The van der Waals surface area contributed by atoms with Crippen molar-refractivity contribution in [2.75, 3.05) is 26.2 Å². The second-order valence-corrected chi connectivity index (χ2v) is 7.37. The van der Waals surface area contributed by atoms with Gasteiger partial charge in [0.2, 0.25) is 5.91 Å². The first-order valence-electron chi connectivity index (χ1n) is 9.65. The van der Waals surface area contributed by atoms with Gasteiger partial charge in [-0.2, -0.15) is 0 Å². The van der Waals surface area contributed by atoms with Gasteiger partial charge in [-0.25, -0.2) is 4.98 Å². The fourth-order valence-corrected chi connectivity index (χ4v) is 3.69. The van der Waals surface area contributed by atoms with Gasteiger partial charge in [-0.05, 0) is 23.8 Å². The van der Waals surface area contributed by atoms with Gasteiger partial charge in [-0.3, -0.25) is 14.1 Å². The van der Waals surface area contributed by atoms with Gasteiger partial charge >= 0.3 is 0 Å². The van der Waals surface area contributed by atoms with E-state index in [1.807, 2.05) is 34.9 Å². The van der Waals surface area contributed by atoms with E-state index >= 15 is 0 Å². The number of nitrogens with zero attached hydrogens (tertiary/aromatic N) is 3. The molecule has 29 heavy (non-hydrogen) atoms. The summed E-state index contributed by atoms with van der Waals surface area (Å²) in [5.41, 5.74) is 2.71. The highest BCUT2D eigenvalue weighted by Crippen LogP contribution is 2.18. The monoisotopic (exact) mass is 410 g/mol. The van der Waals surface area contributed by atoms with Crippen molar-refractivity contribution in [1.82, 2.24) is 19.6 Å². The van der Waals surface area contributed by atoms with Crippen LogP contribution < -0.4 is 5.32 Å². The van der Waals surface area contributed by atoms with Crippen LogP contribution in [0.25, 0.3) is 11.7 Å². The molecule has 1 aliphatic heterocycles. The number of rotatable bonds is 6. The quantitative estimate of drug-likeness (QED) is 0.634. The molecule has 1 N–H and O–H groups in total. The van der Waals surface area contributed by atoms with Crippen molar-refractivity contribution < 1.29 is 9.53 Å².